The first kappa shape index (κ1) is 29.8. The zero-order chi connectivity index (χ0) is 29.7. The van der Waals surface area contributed by atoms with E-state index in [1.165, 1.54) is 17.0 Å². The molecule has 42 heavy (non-hydrogen) atoms. The summed E-state index contributed by atoms with van der Waals surface area (Å²) in [4.78, 5) is 13.6. The number of nitrogens with zero attached hydrogens (tertiary/aromatic N) is 1. The second-order valence-electron chi connectivity index (χ2n) is 12.6. The fourth-order valence-corrected chi connectivity index (χ4v) is 7.04. The van der Waals surface area contributed by atoms with Gasteiger partial charge in [-0.25, -0.2) is 9.18 Å². The van der Waals surface area contributed by atoms with Gasteiger partial charge in [0.2, 0.25) is 0 Å². The monoisotopic (exact) mass is 585 g/mol. The van der Waals surface area contributed by atoms with Crippen LogP contribution in [0.5, 0.6) is 5.75 Å². The number of hydrogen-bond acceptors (Lipinski definition) is 3. The van der Waals surface area contributed by atoms with Crippen molar-refractivity contribution in [3.63, 3.8) is 0 Å². The lowest BCUT2D eigenvalue weighted by molar-refractivity contribution is -0.111. The van der Waals surface area contributed by atoms with Gasteiger partial charge >= 0.3 is 6.09 Å². The van der Waals surface area contributed by atoms with E-state index in [1.54, 1.807) is 0 Å². The number of carbonyl (C=O) groups is 1. The molecule has 220 valence electrons. The summed E-state index contributed by atoms with van der Waals surface area (Å²) >= 11 is 0. The average Bonchev–Trinajstić information content (AvgIpc) is 2.98. The number of rotatable bonds is 10. The van der Waals surface area contributed by atoms with Crippen molar-refractivity contribution in [1.82, 2.24) is 4.90 Å². The fourth-order valence-electron chi connectivity index (χ4n) is 5.87. The Bertz CT molecular complexity index is 1510. The molecule has 0 bridgehead atoms. The molecule has 0 aromatic heterocycles. The van der Waals surface area contributed by atoms with Crippen LogP contribution in [0.1, 0.15) is 35.4 Å². The Kier molecular flexibility index (Phi) is 8.99. The van der Waals surface area contributed by atoms with Crippen LogP contribution in [0.3, 0.4) is 0 Å². The van der Waals surface area contributed by atoms with Crippen LogP contribution in [-0.2, 0) is 18.0 Å². The van der Waals surface area contributed by atoms with Gasteiger partial charge in [0, 0.05) is 20.5 Å². The van der Waals surface area contributed by atoms with Gasteiger partial charge in [-0.05, 0) is 70.6 Å². The third-order valence-electron chi connectivity index (χ3n) is 8.27. The predicted molar refractivity (Wildman–Crippen MR) is 168 cm³/mol. The van der Waals surface area contributed by atoms with Gasteiger partial charge in [-0.2, -0.15) is 0 Å². The highest BCUT2D eigenvalue weighted by molar-refractivity contribution is 6.76. The van der Waals surface area contributed by atoms with Crippen LogP contribution in [0.15, 0.2) is 91.0 Å². The lowest BCUT2D eigenvalue weighted by Crippen LogP contribution is -2.56. The molecule has 0 saturated carbocycles. The van der Waals surface area contributed by atoms with Gasteiger partial charge in [0.25, 0.3) is 0 Å². The van der Waals surface area contributed by atoms with Crippen molar-refractivity contribution in [2.24, 2.45) is 0 Å². The van der Waals surface area contributed by atoms with E-state index in [9.17, 15) is 14.3 Å². The van der Waals surface area contributed by atoms with Crippen LogP contribution in [0.4, 0.5) is 9.18 Å². The number of fused-ring (bicyclic) bond motifs is 1. The number of halogens is 1. The molecular formula is C35H40FNO4Si. The van der Waals surface area contributed by atoms with E-state index < -0.39 is 19.8 Å². The minimum absolute atomic E-state index is 0.0384. The number of hydrogen-bond donors (Lipinski definition) is 1. The number of benzene rings is 4. The van der Waals surface area contributed by atoms with Crippen LogP contribution in [0.2, 0.25) is 25.7 Å². The average molecular weight is 586 g/mol. The van der Waals surface area contributed by atoms with Gasteiger partial charge in [-0.3, -0.25) is 0 Å². The standard InChI is InChI=1S/C35H40FNO4Si/c1-42(2,3)20-18-35(25-37(34(38)39)19-17-33(35)29-11-14-31(36)15-12-29)41-24-27-9-10-28-13-16-32(22-30(28)21-27)40-23-26-7-5-4-6-8-26/h4-16,21-22,33H,17-20,23-25H2,1-3H3,(H,38,39). The van der Waals surface area contributed by atoms with E-state index in [-0.39, 0.29) is 11.7 Å². The lowest BCUT2D eigenvalue weighted by atomic mass is 9.75. The predicted octanol–water partition coefficient (Wildman–Crippen LogP) is 8.71. The van der Waals surface area contributed by atoms with Gasteiger partial charge in [0.05, 0.1) is 18.8 Å². The zero-order valence-corrected chi connectivity index (χ0v) is 25.7. The van der Waals surface area contributed by atoms with Crippen molar-refractivity contribution in [1.29, 1.82) is 0 Å². The number of piperidine rings is 1. The Hall–Kier alpha value is -3.68. The van der Waals surface area contributed by atoms with Crippen LogP contribution in [0, 0.1) is 5.82 Å². The number of carboxylic acid groups (broad SMARTS) is 1. The van der Waals surface area contributed by atoms with Gasteiger partial charge in [0.1, 0.15) is 18.2 Å². The minimum Gasteiger partial charge on any atom is -0.489 e. The largest absolute Gasteiger partial charge is 0.489 e. The van der Waals surface area contributed by atoms with Crippen molar-refractivity contribution in [2.45, 2.75) is 63.3 Å². The summed E-state index contributed by atoms with van der Waals surface area (Å²) in [7, 11) is -1.48. The van der Waals surface area contributed by atoms with E-state index in [0.717, 1.165) is 45.7 Å². The summed E-state index contributed by atoms with van der Waals surface area (Å²) in [5.74, 6) is 0.485. The lowest BCUT2D eigenvalue weighted by Gasteiger charge is -2.48. The van der Waals surface area contributed by atoms with Gasteiger partial charge in [-0.1, -0.05) is 86.3 Å². The summed E-state index contributed by atoms with van der Waals surface area (Å²) in [6.07, 6.45) is 0.450. The number of ether oxygens (including phenoxy) is 2. The minimum atomic E-state index is -1.48. The van der Waals surface area contributed by atoms with Crippen molar-refractivity contribution < 1.29 is 23.8 Å². The maximum Gasteiger partial charge on any atom is 0.407 e. The molecule has 1 fully saturated rings. The maximum absolute atomic E-state index is 13.9. The highest BCUT2D eigenvalue weighted by Crippen LogP contribution is 2.44. The number of amides is 1. The van der Waals surface area contributed by atoms with Crippen molar-refractivity contribution in [3.8, 4) is 5.75 Å². The molecular weight excluding hydrogens is 545 g/mol. The van der Waals surface area contributed by atoms with E-state index in [1.807, 2.05) is 48.5 Å². The molecule has 1 heterocycles. The third-order valence-corrected chi connectivity index (χ3v) is 10.0. The van der Waals surface area contributed by atoms with Crippen LogP contribution in [0.25, 0.3) is 10.8 Å². The normalized spacial score (nSPS) is 19.1. The summed E-state index contributed by atoms with van der Waals surface area (Å²) in [6, 6.07) is 30.1. The van der Waals surface area contributed by atoms with Crippen LogP contribution < -0.4 is 4.74 Å². The molecule has 5 rings (SSSR count). The topological polar surface area (TPSA) is 59.0 Å². The molecule has 4 aromatic rings. The Morgan fingerprint density at radius 1 is 0.929 bits per heavy atom. The third kappa shape index (κ3) is 7.39. The summed E-state index contributed by atoms with van der Waals surface area (Å²) in [5.41, 5.74) is 2.41. The molecule has 1 aliphatic heterocycles. The molecule has 1 N–H and O–H groups in total. The first-order chi connectivity index (χ1) is 20.1. The molecule has 2 unspecified atom stereocenters. The molecule has 7 heteroatoms. The highest BCUT2D eigenvalue weighted by Gasteiger charge is 2.47. The molecule has 0 radical (unpaired) electrons. The smallest absolute Gasteiger partial charge is 0.407 e. The Morgan fingerprint density at radius 2 is 1.67 bits per heavy atom. The van der Waals surface area contributed by atoms with E-state index >= 15 is 0 Å². The molecule has 1 amide bonds. The van der Waals surface area contributed by atoms with Crippen molar-refractivity contribution in [2.75, 3.05) is 13.1 Å². The molecule has 5 nitrogen and oxygen atoms in total. The number of likely N-dealkylation sites (tertiary alicyclic amines) is 1. The van der Waals surface area contributed by atoms with E-state index in [4.69, 9.17) is 9.47 Å². The van der Waals surface area contributed by atoms with Crippen LogP contribution in [-0.4, -0.2) is 42.9 Å². The summed E-state index contributed by atoms with van der Waals surface area (Å²) < 4.78 is 26.8. The molecule has 2 atom stereocenters. The summed E-state index contributed by atoms with van der Waals surface area (Å²) in [6.45, 7) is 8.54. The van der Waals surface area contributed by atoms with E-state index in [2.05, 4.69) is 50.0 Å². The Balaban J connectivity index is 1.42. The maximum atomic E-state index is 13.9. The SMILES string of the molecule is C[Si](C)(C)CCC1(OCc2ccc3ccc(OCc4ccccc4)cc3c2)CN(C(=O)O)CCC1c1ccc(F)cc1. The van der Waals surface area contributed by atoms with Crippen molar-refractivity contribution >= 4 is 24.9 Å². The van der Waals surface area contributed by atoms with Crippen molar-refractivity contribution in [3.05, 3.63) is 114 Å². The molecule has 0 aliphatic carbocycles. The van der Waals surface area contributed by atoms with E-state index in [0.29, 0.717) is 32.7 Å². The highest BCUT2D eigenvalue weighted by atomic mass is 28.3. The fraction of sp³-hybridized carbons (Fsp3) is 0.343. The molecule has 1 saturated heterocycles. The Labute approximate surface area is 248 Å². The quantitative estimate of drug-likeness (QED) is 0.189. The van der Waals surface area contributed by atoms with Gasteiger partial charge in [0.15, 0.2) is 0 Å². The van der Waals surface area contributed by atoms with Gasteiger partial charge in [-0.15, -0.1) is 0 Å². The molecule has 1 aliphatic rings. The first-order valence-electron chi connectivity index (χ1n) is 14.7. The first-order valence-corrected chi connectivity index (χ1v) is 18.4. The second-order valence-corrected chi connectivity index (χ2v) is 18.2. The molecule has 0 spiro atoms. The zero-order valence-electron chi connectivity index (χ0n) is 24.7. The Morgan fingerprint density at radius 3 is 2.38 bits per heavy atom. The van der Waals surface area contributed by atoms with Gasteiger partial charge < -0.3 is 19.5 Å². The second kappa shape index (κ2) is 12.7. The molecule has 4 aromatic carbocycles. The summed E-state index contributed by atoms with van der Waals surface area (Å²) in [5, 5.41) is 12.1. The van der Waals surface area contributed by atoms with Crippen LogP contribution >= 0.6 is 0 Å².